The summed E-state index contributed by atoms with van der Waals surface area (Å²) >= 11 is 0. The van der Waals surface area contributed by atoms with Gasteiger partial charge in [-0.25, -0.2) is 0 Å². The maximum atomic E-state index is 2.37. The van der Waals surface area contributed by atoms with Gasteiger partial charge in [-0.1, -0.05) is 91.0 Å². The van der Waals surface area contributed by atoms with E-state index in [0.717, 1.165) is 17.1 Å². The molecule has 1 heterocycles. The van der Waals surface area contributed by atoms with E-state index in [1.54, 1.807) is 0 Å². The molecular weight excluding hydrogens is 424 g/mol. The minimum Gasteiger partial charge on any atom is -0.343 e. The molecule has 2 nitrogen and oxygen atoms in total. The number of aryl methyl sites for hydroxylation is 1. The lowest BCUT2D eigenvalue weighted by Crippen LogP contribution is -2.09. The number of fused-ring (bicyclic) bond motifs is 8. The van der Waals surface area contributed by atoms with Gasteiger partial charge >= 0.3 is 0 Å². The average molecular weight is 449 g/mol. The van der Waals surface area contributed by atoms with Crippen molar-refractivity contribution in [3.63, 3.8) is 0 Å². The van der Waals surface area contributed by atoms with Gasteiger partial charge in [-0.05, 0) is 52.6 Å². The van der Waals surface area contributed by atoms with Crippen molar-refractivity contribution in [1.82, 2.24) is 4.57 Å². The first kappa shape index (κ1) is 19.9. The molecule has 0 bridgehead atoms. The van der Waals surface area contributed by atoms with Gasteiger partial charge in [0.2, 0.25) is 0 Å². The fourth-order valence-corrected chi connectivity index (χ4v) is 5.61. The lowest BCUT2D eigenvalue weighted by molar-refractivity contribution is 1.02. The van der Waals surface area contributed by atoms with E-state index in [2.05, 4.69) is 144 Å². The Bertz CT molecular complexity index is 1810. The van der Waals surface area contributed by atoms with Crippen LogP contribution in [0.25, 0.3) is 43.4 Å². The maximum absolute atomic E-state index is 2.37. The molecule has 0 aliphatic rings. The molecule has 2 heteroatoms. The Hall–Kier alpha value is -4.56. The number of aromatic nitrogens is 1. The highest BCUT2D eigenvalue weighted by Gasteiger charge is 2.18. The monoisotopic (exact) mass is 448 g/mol. The fraction of sp³-hybridized carbons (Fsp3) is 0.0303. The number of hydrogen-bond donors (Lipinski definition) is 0. The van der Waals surface area contributed by atoms with Crippen LogP contribution in [0.15, 0.2) is 127 Å². The number of hydrogen-bond acceptors (Lipinski definition) is 1. The summed E-state index contributed by atoms with van der Waals surface area (Å²) in [4.78, 5) is 2.33. The molecule has 0 saturated carbocycles. The van der Waals surface area contributed by atoms with Crippen molar-refractivity contribution in [3.8, 4) is 0 Å². The van der Waals surface area contributed by atoms with Crippen LogP contribution in [-0.2, 0) is 7.05 Å². The third-order valence-electron chi connectivity index (χ3n) is 7.14. The molecule has 0 amide bonds. The first-order valence-electron chi connectivity index (χ1n) is 12.0. The number of benzene rings is 6. The van der Waals surface area contributed by atoms with Crippen LogP contribution in [0.1, 0.15) is 0 Å². The molecule has 6 aromatic carbocycles. The van der Waals surface area contributed by atoms with E-state index in [4.69, 9.17) is 0 Å². The molecule has 0 saturated heterocycles. The molecule has 0 radical (unpaired) electrons. The zero-order chi connectivity index (χ0) is 23.4. The van der Waals surface area contributed by atoms with Gasteiger partial charge in [0.25, 0.3) is 0 Å². The predicted octanol–water partition coefficient (Wildman–Crippen LogP) is 9.11. The van der Waals surface area contributed by atoms with E-state index in [0.29, 0.717) is 0 Å². The van der Waals surface area contributed by atoms with Crippen molar-refractivity contribution < 1.29 is 0 Å². The number of anilines is 3. The summed E-state index contributed by atoms with van der Waals surface area (Å²) in [5.41, 5.74) is 5.96. The summed E-state index contributed by atoms with van der Waals surface area (Å²) in [5.74, 6) is 0. The van der Waals surface area contributed by atoms with Crippen LogP contribution in [0.4, 0.5) is 17.1 Å². The molecule has 0 fully saturated rings. The molecule has 35 heavy (non-hydrogen) atoms. The van der Waals surface area contributed by atoms with Gasteiger partial charge in [-0.2, -0.15) is 0 Å². The summed E-state index contributed by atoms with van der Waals surface area (Å²) < 4.78 is 2.37. The quantitative estimate of drug-likeness (QED) is 0.245. The second kappa shape index (κ2) is 7.75. The van der Waals surface area contributed by atoms with Crippen LogP contribution in [0.5, 0.6) is 0 Å². The summed E-state index contributed by atoms with van der Waals surface area (Å²) in [6.45, 7) is 0. The predicted molar refractivity (Wildman–Crippen MR) is 150 cm³/mol. The lowest BCUT2D eigenvalue weighted by atomic mass is 9.97. The Morgan fingerprint density at radius 2 is 0.971 bits per heavy atom. The van der Waals surface area contributed by atoms with Crippen molar-refractivity contribution in [2.24, 2.45) is 7.05 Å². The summed E-state index contributed by atoms with van der Waals surface area (Å²) in [7, 11) is 2.20. The first-order chi connectivity index (χ1) is 17.3. The number of nitrogens with zero attached hydrogens (tertiary/aromatic N) is 2. The Morgan fingerprint density at radius 1 is 0.457 bits per heavy atom. The van der Waals surface area contributed by atoms with Gasteiger partial charge in [0.05, 0.1) is 11.0 Å². The Morgan fingerprint density at radius 3 is 1.60 bits per heavy atom. The Kier molecular flexibility index (Phi) is 4.40. The van der Waals surface area contributed by atoms with Gasteiger partial charge in [-0.3, -0.25) is 0 Å². The van der Waals surface area contributed by atoms with Crippen molar-refractivity contribution in [3.05, 3.63) is 127 Å². The zero-order valence-corrected chi connectivity index (χ0v) is 19.5. The minimum atomic E-state index is 1.15. The maximum Gasteiger partial charge on any atom is 0.0574 e. The van der Waals surface area contributed by atoms with Crippen molar-refractivity contribution in [1.29, 1.82) is 0 Å². The highest BCUT2D eigenvalue weighted by Crippen LogP contribution is 2.42. The fourth-order valence-electron chi connectivity index (χ4n) is 5.61. The smallest absolute Gasteiger partial charge is 0.0574 e. The summed E-state index contributed by atoms with van der Waals surface area (Å²) in [6, 6.07) is 45.6. The number of rotatable bonds is 3. The topological polar surface area (TPSA) is 8.17 Å². The SMILES string of the molecule is Cn1c2cc(N(c3ccccc3)c3ccccc3)ccc2c2c3ccccc3c3ccccc3c21. The molecule has 0 unspecified atom stereocenters. The van der Waals surface area contributed by atoms with Crippen LogP contribution < -0.4 is 4.90 Å². The van der Waals surface area contributed by atoms with E-state index in [1.807, 2.05) is 0 Å². The van der Waals surface area contributed by atoms with E-state index in [9.17, 15) is 0 Å². The van der Waals surface area contributed by atoms with Crippen molar-refractivity contribution in [2.45, 2.75) is 0 Å². The van der Waals surface area contributed by atoms with Gasteiger partial charge in [0.15, 0.2) is 0 Å². The van der Waals surface area contributed by atoms with E-state index in [1.165, 1.54) is 43.4 Å². The molecule has 7 aromatic rings. The molecule has 1 aromatic heterocycles. The van der Waals surface area contributed by atoms with Gasteiger partial charge in [0.1, 0.15) is 0 Å². The van der Waals surface area contributed by atoms with Crippen LogP contribution in [0.2, 0.25) is 0 Å². The molecular formula is C33H24N2. The second-order valence-electron chi connectivity index (χ2n) is 9.08. The summed E-state index contributed by atoms with van der Waals surface area (Å²) in [5, 5.41) is 7.83. The van der Waals surface area contributed by atoms with E-state index < -0.39 is 0 Å². The van der Waals surface area contributed by atoms with Crippen LogP contribution in [0.3, 0.4) is 0 Å². The van der Waals surface area contributed by atoms with Crippen molar-refractivity contribution in [2.75, 3.05) is 4.90 Å². The minimum absolute atomic E-state index is 1.15. The van der Waals surface area contributed by atoms with Gasteiger partial charge < -0.3 is 9.47 Å². The van der Waals surface area contributed by atoms with Crippen LogP contribution in [0, 0.1) is 0 Å². The first-order valence-corrected chi connectivity index (χ1v) is 12.0. The molecule has 0 atom stereocenters. The Balaban J connectivity index is 1.57. The lowest BCUT2D eigenvalue weighted by Gasteiger charge is -2.25. The standard InChI is InChI=1S/C33H24N2/c1-34-31-22-25(35(23-12-4-2-5-13-23)24-14-6-3-7-15-24)20-21-30(31)32-28-18-10-8-16-26(28)27-17-9-11-19-29(27)33(32)34/h2-22H,1H3. The van der Waals surface area contributed by atoms with Crippen LogP contribution in [-0.4, -0.2) is 4.57 Å². The second-order valence-corrected chi connectivity index (χ2v) is 9.08. The Labute approximate surface area is 204 Å². The highest BCUT2D eigenvalue weighted by molar-refractivity contribution is 6.31. The number of para-hydroxylation sites is 2. The van der Waals surface area contributed by atoms with Gasteiger partial charge in [0, 0.05) is 40.3 Å². The zero-order valence-electron chi connectivity index (χ0n) is 19.5. The van der Waals surface area contributed by atoms with Gasteiger partial charge in [-0.15, -0.1) is 0 Å². The van der Waals surface area contributed by atoms with E-state index >= 15 is 0 Å². The van der Waals surface area contributed by atoms with Crippen LogP contribution >= 0.6 is 0 Å². The highest BCUT2D eigenvalue weighted by atomic mass is 15.1. The molecule has 7 rings (SSSR count). The molecule has 0 N–H and O–H groups in total. The largest absolute Gasteiger partial charge is 0.343 e. The third kappa shape index (κ3) is 2.97. The summed E-state index contributed by atoms with van der Waals surface area (Å²) in [6.07, 6.45) is 0. The molecule has 166 valence electrons. The molecule has 0 aliphatic heterocycles. The van der Waals surface area contributed by atoms with Crippen molar-refractivity contribution >= 4 is 60.4 Å². The average Bonchev–Trinajstić information content (AvgIpc) is 3.22. The van der Waals surface area contributed by atoms with E-state index in [-0.39, 0.29) is 0 Å². The normalized spacial score (nSPS) is 11.6. The molecule has 0 spiro atoms. The third-order valence-corrected chi connectivity index (χ3v) is 7.14. The molecule has 0 aliphatic carbocycles.